The number of carbonyl (C=O) groups excluding carboxylic acids is 7. The molecule has 2 unspecified atom stereocenters. The molecule has 4 aromatic carbocycles. The maximum absolute atomic E-state index is 14.2. The second-order valence-electron chi connectivity index (χ2n) is 16.9. The number of aryl methyl sites for hydroxylation is 4. The van der Waals surface area contributed by atoms with Gasteiger partial charge in [-0.15, -0.1) is 0 Å². The van der Waals surface area contributed by atoms with Gasteiger partial charge in [-0.1, -0.05) is 55.5 Å². The normalized spacial score (nSPS) is 12.8. The molecule has 0 aromatic heterocycles. The number of rotatable bonds is 25. The molecule has 0 spiro atoms. The molecule has 71 heavy (non-hydrogen) atoms. The molecule has 4 N–H and O–H groups in total. The van der Waals surface area contributed by atoms with Gasteiger partial charge in [-0.25, -0.2) is 0 Å². The first-order valence-electron chi connectivity index (χ1n) is 23.7. The Kier molecular flexibility index (Phi) is 21.8. The fraction of sp³-hybridized carbons (Fsp3) is 0.404. The Morgan fingerprint density at radius 2 is 0.930 bits per heavy atom. The zero-order chi connectivity index (χ0) is 52.5. The van der Waals surface area contributed by atoms with Gasteiger partial charge in [-0.2, -0.15) is 0 Å². The lowest BCUT2D eigenvalue weighted by atomic mass is 9.98. The first-order valence-corrected chi connectivity index (χ1v) is 27.0. The Bertz CT molecular complexity index is 2520. The number of carbonyl (C=O) groups is 7. The number of hydrogen-bond acceptors (Lipinski definition) is 13. The lowest BCUT2D eigenvalue weighted by molar-refractivity contribution is -0.144. The number of ether oxygens (including phenoxy) is 1. The van der Waals surface area contributed by atoms with Crippen molar-refractivity contribution < 1.29 is 56.5 Å². The first-order chi connectivity index (χ1) is 33.7. The van der Waals surface area contributed by atoms with E-state index in [1.165, 1.54) is 0 Å². The predicted molar refractivity (Wildman–Crippen MR) is 275 cm³/mol. The number of nitrogens with zero attached hydrogens (tertiary/aromatic N) is 1. The van der Waals surface area contributed by atoms with Gasteiger partial charge in [-0.3, -0.25) is 42.7 Å². The summed E-state index contributed by atoms with van der Waals surface area (Å²) in [6, 6.07) is 19.8. The largest absolute Gasteiger partial charge is 0.466 e. The third kappa shape index (κ3) is 14.7. The van der Waals surface area contributed by atoms with Gasteiger partial charge in [-0.05, 0) is 145 Å². The van der Waals surface area contributed by atoms with Gasteiger partial charge < -0.3 is 40.0 Å². The summed E-state index contributed by atoms with van der Waals surface area (Å²) in [6.45, 7) is 16.8. The Morgan fingerprint density at radius 3 is 1.30 bits per heavy atom. The van der Waals surface area contributed by atoms with Crippen LogP contribution in [0.15, 0.2) is 72.8 Å². The average molecular weight is 1020 g/mol. The molecule has 19 heteroatoms. The molecule has 0 aliphatic carbocycles. The average Bonchev–Trinajstić information content (AvgIpc) is 3.34. The van der Waals surface area contributed by atoms with Crippen LogP contribution in [0, 0.1) is 41.5 Å². The van der Waals surface area contributed by atoms with E-state index in [1.807, 2.05) is 11.8 Å². The number of esters is 1. The minimum atomic E-state index is -4.03. The zero-order valence-electron chi connectivity index (χ0n) is 42.2. The number of anilines is 2. The van der Waals surface area contributed by atoms with E-state index in [2.05, 4.69) is 21.3 Å². The molecule has 0 fully saturated rings. The van der Waals surface area contributed by atoms with Crippen molar-refractivity contribution in [3.05, 3.63) is 117 Å². The number of benzene rings is 4. The van der Waals surface area contributed by atoms with Crippen molar-refractivity contribution in [2.75, 3.05) is 63.2 Å². The molecule has 0 saturated carbocycles. The fourth-order valence-electron chi connectivity index (χ4n) is 8.20. The van der Waals surface area contributed by atoms with Crippen molar-refractivity contribution in [2.24, 2.45) is 0 Å². The lowest BCUT2D eigenvalue weighted by Gasteiger charge is -2.22. The van der Waals surface area contributed by atoms with Crippen molar-refractivity contribution in [2.45, 2.75) is 88.0 Å². The highest BCUT2D eigenvalue weighted by molar-refractivity contribution is 7.84. The molecule has 0 bridgehead atoms. The van der Waals surface area contributed by atoms with Gasteiger partial charge in [0.2, 0.25) is 0 Å². The molecule has 0 aliphatic rings. The van der Waals surface area contributed by atoms with E-state index in [0.29, 0.717) is 72.3 Å². The molecule has 17 nitrogen and oxygen atoms in total. The van der Waals surface area contributed by atoms with Gasteiger partial charge in [0.05, 0.1) is 26.2 Å². The van der Waals surface area contributed by atoms with E-state index in [0.717, 1.165) is 0 Å². The Morgan fingerprint density at radius 1 is 0.535 bits per heavy atom. The summed E-state index contributed by atoms with van der Waals surface area (Å²) in [6.07, 6.45) is 1.49. The summed E-state index contributed by atoms with van der Waals surface area (Å²) in [5.41, 5.74) is 2.19. The van der Waals surface area contributed by atoms with Crippen LogP contribution in [0.25, 0.3) is 0 Å². The van der Waals surface area contributed by atoms with Crippen LogP contribution in [-0.4, -0.2) is 98.1 Å². The van der Waals surface area contributed by atoms with Crippen LogP contribution < -0.4 is 31.9 Å². The molecule has 0 radical (unpaired) electrons. The molecule has 2 atom stereocenters. The van der Waals surface area contributed by atoms with Crippen molar-refractivity contribution in [1.82, 2.24) is 15.5 Å². The highest BCUT2D eigenvalue weighted by Gasteiger charge is 2.40. The lowest BCUT2D eigenvalue weighted by Crippen LogP contribution is -2.39. The standard InChI is InChI=1S/C52H67N5O12P2/c1-10-31-67-42(58)25-30-57(28-19-26-53-47(59)49(61)55-45-36(6)32-34(4)43(38(45)8)51(63)70(65,68-11-2)40-21-15-13-16-22-40)29-20-27-54-48(60)50(62)56-46-37(7)33-35(5)44(39(46)9)52(64)71(66,69-12-3)41-23-17-14-18-24-41/h13-18,21-24,32-33H,10-12,19-20,25-31H2,1-9H3,(H,53,59)(H,54,60)(H,55,61)(H,56,62). The molecule has 0 saturated heterocycles. The minimum Gasteiger partial charge on any atom is -0.466 e. The third-order valence-electron chi connectivity index (χ3n) is 11.6. The summed E-state index contributed by atoms with van der Waals surface area (Å²) < 4.78 is 44.8. The monoisotopic (exact) mass is 1020 g/mol. The van der Waals surface area contributed by atoms with E-state index < -0.39 is 49.4 Å². The van der Waals surface area contributed by atoms with E-state index in [9.17, 15) is 42.7 Å². The summed E-state index contributed by atoms with van der Waals surface area (Å²) in [4.78, 5) is 95.0. The van der Waals surface area contributed by atoms with Crippen molar-refractivity contribution in [3.8, 4) is 0 Å². The van der Waals surface area contributed by atoms with Crippen LogP contribution in [0.4, 0.5) is 11.4 Å². The number of nitrogens with one attached hydrogen (secondary N) is 4. The van der Waals surface area contributed by atoms with Crippen molar-refractivity contribution in [1.29, 1.82) is 0 Å². The predicted octanol–water partition coefficient (Wildman–Crippen LogP) is 7.33. The minimum absolute atomic E-state index is 0.0243. The van der Waals surface area contributed by atoms with E-state index >= 15 is 0 Å². The topological polar surface area (TPSA) is 233 Å². The Labute approximate surface area is 416 Å². The summed E-state index contributed by atoms with van der Waals surface area (Å²) in [5, 5.41) is 11.0. The molecule has 4 aromatic rings. The number of amides is 4. The van der Waals surface area contributed by atoms with Crippen molar-refractivity contribution >= 4 is 77.4 Å². The maximum atomic E-state index is 14.2. The molecule has 0 aliphatic heterocycles. The van der Waals surface area contributed by atoms with Crippen LogP contribution in [-0.2, 0) is 46.9 Å². The van der Waals surface area contributed by atoms with Gasteiger partial charge in [0.25, 0.3) is 11.0 Å². The van der Waals surface area contributed by atoms with Gasteiger partial charge in [0.1, 0.15) is 0 Å². The Balaban J connectivity index is 1.36. The first kappa shape index (κ1) is 57.5. The van der Waals surface area contributed by atoms with Crippen LogP contribution in [0.5, 0.6) is 0 Å². The smallest absolute Gasteiger partial charge is 0.313 e. The highest BCUT2D eigenvalue weighted by atomic mass is 31.2. The van der Waals surface area contributed by atoms with Gasteiger partial charge >= 0.3 is 44.3 Å². The summed E-state index contributed by atoms with van der Waals surface area (Å²) in [7, 11) is -8.07. The summed E-state index contributed by atoms with van der Waals surface area (Å²) in [5.74, 6) is -4.17. The SMILES string of the molecule is CCCOC(=O)CCN(CCCNC(=O)C(=O)Nc1c(C)cc(C)c(C(=O)P(=O)(OCC)c2ccccc2)c1C)CCCNC(=O)C(=O)Nc1c(C)cc(C)c(C(=O)P(=O)(OCC)c2ccccc2)c1C. The maximum Gasteiger partial charge on any atom is 0.313 e. The molecular formula is C52H67N5O12P2. The molecule has 0 heterocycles. The van der Waals surface area contributed by atoms with E-state index in [1.54, 1.807) is 128 Å². The van der Waals surface area contributed by atoms with Gasteiger partial charge in [0, 0.05) is 52.7 Å². The molecule has 4 rings (SSSR count). The molecule has 4 amide bonds. The zero-order valence-corrected chi connectivity index (χ0v) is 43.9. The fourth-order valence-corrected chi connectivity index (χ4v) is 12.3. The number of hydrogen-bond donors (Lipinski definition) is 4. The van der Waals surface area contributed by atoms with Crippen molar-refractivity contribution in [3.63, 3.8) is 0 Å². The van der Waals surface area contributed by atoms with E-state index in [-0.39, 0.29) is 78.4 Å². The Hall–Kier alpha value is -6.09. The highest BCUT2D eigenvalue weighted by Crippen LogP contribution is 2.52. The van der Waals surface area contributed by atoms with E-state index in [4.69, 9.17) is 13.8 Å². The van der Waals surface area contributed by atoms with Crippen LogP contribution in [0.3, 0.4) is 0 Å². The molecule has 382 valence electrons. The van der Waals surface area contributed by atoms with Crippen LogP contribution in [0.2, 0.25) is 0 Å². The molecular weight excluding hydrogens is 949 g/mol. The van der Waals surface area contributed by atoms with Crippen LogP contribution >= 0.6 is 14.7 Å². The second-order valence-corrected chi connectivity index (χ2v) is 21.5. The quantitative estimate of drug-likeness (QED) is 0.0221. The van der Waals surface area contributed by atoms with Gasteiger partial charge in [0.15, 0.2) is 0 Å². The third-order valence-corrected chi connectivity index (χ3v) is 16.3. The van der Waals surface area contributed by atoms with Crippen LogP contribution in [0.1, 0.15) is 101 Å². The second kappa shape index (κ2) is 26.9. The summed E-state index contributed by atoms with van der Waals surface area (Å²) >= 11 is 0.